The third-order valence-corrected chi connectivity index (χ3v) is 3.38. The molecule has 0 aliphatic carbocycles. The number of primary amides is 1. The zero-order valence-electron chi connectivity index (χ0n) is 9.51. The number of hydrogen-bond acceptors (Lipinski definition) is 4. The number of carbonyl (C=O) groups is 1. The van der Waals surface area contributed by atoms with E-state index < -0.39 is 5.91 Å². The third-order valence-electron chi connectivity index (χ3n) is 2.39. The Morgan fingerprint density at radius 2 is 2.22 bits per heavy atom. The van der Waals surface area contributed by atoms with Gasteiger partial charge in [0.15, 0.2) is 0 Å². The Kier molecular flexibility index (Phi) is 3.60. The number of nitrogens with one attached hydrogen (secondary N) is 1. The molecule has 0 spiro atoms. The van der Waals surface area contributed by atoms with E-state index >= 15 is 0 Å². The lowest BCUT2D eigenvalue weighted by molar-refractivity contribution is 0.100. The van der Waals surface area contributed by atoms with Crippen molar-refractivity contribution in [2.24, 2.45) is 5.73 Å². The molecule has 3 N–H and O–H groups in total. The number of benzene rings is 1. The van der Waals surface area contributed by atoms with E-state index in [4.69, 9.17) is 11.0 Å². The molecular weight excluding hydrogens is 246 g/mol. The molecule has 0 fully saturated rings. The van der Waals surface area contributed by atoms with Gasteiger partial charge in [-0.3, -0.25) is 4.79 Å². The van der Waals surface area contributed by atoms with E-state index in [1.54, 1.807) is 24.3 Å². The lowest BCUT2D eigenvalue weighted by Crippen LogP contribution is -2.11. The lowest BCUT2D eigenvalue weighted by Gasteiger charge is -2.05. The second-order valence-corrected chi connectivity index (χ2v) is 4.84. The molecule has 0 atom stereocenters. The Morgan fingerprint density at radius 3 is 2.89 bits per heavy atom. The van der Waals surface area contributed by atoms with Crippen molar-refractivity contribution in [2.45, 2.75) is 6.54 Å². The summed E-state index contributed by atoms with van der Waals surface area (Å²) in [6.07, 6.45) is 0. The number of thiophene rings is 1. The predicted octanol–water partition coefficient (Wildman–Crippen LogP) is 2.33. The maximum absolute atomic E-state index is 11.0. The quantitative estimate of drug-likeness (QED) is 0.882. The SMILES string of the molecule is N#Cc1ccc(CNc2cccc(C(N)=O)c2)s1. The van der Waals surface area contributed by atoms with Gasteiger partial charge in [0.25, 0.3) is 0 Å². The Labute approximate surface area is 109 Å². The van der Waals surface area contributed by atoms with Gasteiger partial charge >= 0.3 is 0 Å². The first kappa shape index (κ1) is 12.1. The summed E-state index contributed by atoms with van der Waals surface area (Å²) < 4.78 is 0. The number of hydrogen-bond donors (Lipinski definition) is 2. The van der Waals surface area contributed by atoms with Crippen molar-refractivity contribution < 1.29 is 4.79 Å². The Balaban J connectivity index is 2.04. The summed E-state index contributed by atoms with van der Waals surface area (Å²) in [5, 5.41) is 11.9. The largest absolute Gasteiger partial charge is 0.380 e. The number of carbonyl (C=O) groups excluding carboxylic acids is 1. The second kappa shape index (κ2) is 5.34. The highest BCUT2D eigenvalue weighted by Gasteiger charge is 2.02. The van der Waals surface area contributed by atoms with Crippen LogP contribution in [0.1, 0.15) is 20.1 Å². The first-order valence-corrected chi connectivity index (χ1v) is 6.13. The van der Waals surface area contributed by atoms with Crippen molar-refractivity contribution in [1.82, 2.24) is 0 Å². The molecule has 18 heavy (non-hydrogen) atoms. The van der Waals surface area contributed by atoms with Crippen LogP contribution in [0, 0.1) is 11.3 Å². The van der Waals surface area contributed by atoms with Gasteiger partial charge in [-0.25, -0.2) is 0 Å². The predicted molar refractivity (Wildman–Crippen MR) is 71.3 cm³/mol. The minimum Gasteiger partial charge on any atom is -0.380 e. The van der Waals surface area contributed by atoms with Crippen molar-refractivity contribution in [3.05, 3.63) is 51.7 Å². The van der Waals surface area contributed by atoms with Gasteiger partial charge in [0.2, 0.25) is 5.91 Å². The lowest BCUT2D eigenvalue weighted by atomic mass is 10.2. The van der Waals surface area contributed by atoms with Crippen molar-refractivity contribution in [1.29, 1.82) is 5.26 Å². The summed E-state index contributed by atoms with van der Waals surface area (Å²) >= 11 is 1.45. The van der Waals surface area contributed by atoms with Crippen LogP contribution in [0.3, 0.4) is 0 Å². The first-order valence-electron chi connectivity index (χ1n) is 5.31. The normalized spacial score (nSPS) is 9.72. The molecule has 0 unspecified atom stereocenters. The fraction of sp³-hybridized carbons (Fsp3) is 0.0769. The van der Waals surface area contributed by atoms with Gasteiger partial charge in [0, 0.05) is 22.7 Å². The maximum Gasteiger partial charge on any atom is 0.248 e. The fourth-order valence-corrected chi connectivity index (χ4v) is 2.25. The highest BCUT2D eigenvalue weighted by molar-refractivity contribution is 7.12. The van der Waals surface area contributed by atoms with Crippen molar-refractivity contribution in [2.75, 3.05) is 5.32 Å². The third kappa shape index (κ3) is 2.87. The Bertz CT molecular complexity index is 613. The van der Waals surface area contributed by atoms with Crippen LogP contribution in [0.5, 0.6) is 0 Å². The average Bonchev–Trinajstić information content (AvgIpc) is 2.84. The van der Waals surface area contributed by atoms with E-state index in [1.165, 1.54) is 11.3 Å². The molecule has 90 valence electrons. The molecule has 1 heterocycles. The van der Waals surface area contributed by atoms with E-state index in [-0.39, 0.29) is 0 Å². The van der Waals surface area contributed by atoms with Gasteiger partial charge in [-0.2, -0.15) is 5.26 Å². The van der Waals surface area contributed by atoms with Gasteiger partial charge in [-0.15, -0.1) is 11.3 Å². The van der Waals surface area contributed by atoms with Crippen LogP contribution >= 0.6 is 11.3 Å². The van der Waals surface area contributed by atoms with Crippen LogP contribution in [0.25, 0.3) is 0 Å². The van der Waals surface area contributed by atoms with Crippen LogP contribution in [0.2, 0.25) is 0 Å². The molecule has 0 saturated heterocycles. The van der Waals surface area contributed by atoms with Crippen molar-refractivity contribution in [3.63, 3.8) is 0 Å². The monoisotopic (exact) mass is 257 g/mol. The molecule has 0 aliphatic heterocycles. The van der Waals surface area contributed by atoms with E-state index in [0.29, 0.717) is 17.0 Å². The molecule has 2 rings (SSSR count). The van der Waals surface area contributed by atoms with Crippen LogP contribution < -0.4 is 11.1 Å². The molecule has 5 heteroatoms. The molecule has 4 nitrogen and oxygen atoms in total. The summed E-state index contributed by atoms with van der Waals surface area (Å²) in [6.45, 7) is 0.620. The summed E-state index contributed by atoms with van der Waals surface area (Å²) in [5.41, 5.74) is 6.52. The minimum absolute atomic E-state index is 0.443. The molecule has 0 bridgehead atoms. The highest BCUT2D eigenvalue weighted by atomic mass is 32.1. The number of rotatable bonds is 4. The molecule has 1 aromatic carbocycles. The average molecular weight is 257 g/mol. The van der Waals surface area contributed by atoms with Crippen molar-refractivity contribution in [3.8, 4) is 6.07 Å². The molecule has 2 aromatic rings. The summed E-state index contributed by atoms with van der Waals surface area (Å²) in [6, 6.07) is 12.8. The van der Waals surface area contributed by atoms with Gasteiger partial charge < -0.3 is 11.1 Å². The van der Waals surface area contributed by atoms with Crippen LogP contribution in [0.15, 0.2) is 36.4 Å². The Hall–Kier alpha value is -2.32. The maximum atomic E-state index is 11.0. The topological polar surface area (TPSA) is 78.9 Å². The van der Waals surface area contributed by atoms with Crippen LogP contribution in [0.4, 0.5) is 5.69 Å². The smallest absolute Gasteiger partial charge is 0.248 e. The van der Waals surface area contributed by atoms with E-state index in [1.807, 2.05) is 12.1 Å². The van der Waals surface area contributed by atoms with Crippen molar-refractivity contribution >= 4 is 22.9 Å². The van der Waals surface area contributed by atoms with Gasteiger partial charge in [-0.1, -0.05) is 6.07 Å². The molecule has 0 saturated carbocycles. The molecule has 0 radical (unpaired) electrons. The van der Waals surface area contributed by atoms with Crippen LogP contribution in [-0.4, -0.2) is 5.91 Å². The fourth-order valence-electron chi connectivity index (χ4n) is 1.50. The molecule has 1 amide bonds. The van der Waals surface area contributed by atoms with E-state index in [9.17, 15) is 4.79 Å². The van der Waals surface area contributed by atoms with Gasteiger partial charge in [0.05, 0.1) is 0 Å². The van der Waals surface area contributed by atoms with Crippen LogP contribution in [-0.2, 0) is 6.54 Å². The van der Waals surface area contributed by atoms with Gasteiger partial charge in [0.1, 0.15) is 10.9 Å². The number of nitrogens with two attached hydrogens (primary N) is 1. The second-order valence-electron chi connectivity index (χ2n) is 3.68. The zero-order valence-corrected chi connectivity index (χ0v) is 10.3. The Morgan fingerprint density at radius 1 is 1.39 bits per heavy atom. The summed E-state index contributed by atoms with van der Waals surface area (Å²) in [4.78, 5) is 12.8. The number of anilines is 1. The number of amides is 1. The summed E-state index contributed by atoms with van der Waals surface area (Å²) in [7, 11) is 0. The standard InChI is InChI=1S/C13H11N3OS/c14-7-11-4-5-12(18-11)8-16-10-3-1-2-9(6-10)13(15)17/h1-6,16H,8H2,(H2,15,17). The van der Waals surface area contributed by atoms with Gasteiger partial charge in [-0.05, 0) is 30.3 Å². The highest BCUT2D eigenvalue weighted by Crippen LogP contribution is 2.17. The minimum atomic E-state index is -0.443. The zero-order chi connectivity index (χ0) is 13.0. The van der Waals surface area contributed by atoms with E-state index in [0.717, 1.165) is 10.6 Å². The van der Waals surface area contributed by atoms with E-state index in [2.05, 4.69) is 11.4 Å². The molecule has 1 aromatic heterocycles. The number of nitriles is 1. The molecule has 0 aliphatic rings. The summed E-state index contributed by atoms with van der Waals surface area (Å²) in [5.74, 6) is -0.443. The first-order chi connectivity index (χ1) is 8.69. The molecular formula is C13H11N3OS. The number of nitrogens with zero attached hydrogens (tertiary/aromatic N) is 1.